The van der Waals surface area contributed by atoms with Crippen molar-refractivity contribution in [1.82, 2.24) is 20.1 Å². The van der Waals surface area contributed by atoms with Gasteiger partial charge in [-0.05, 0) is 32.3 Å². The Morgan fingerprint density at radius 3 is 2.74 bits per heavy atom. The van der Waals surface area contributed by atoms with Crippen LogP contribution < -0.4 is 5.32 Å². The minimum absolute atomic E-state index is 0.0217. The molecule has 0 bridgehead atoms. The van der Waals surface area contributed by atoms with Gasteiger partial charge in [0, 0.05) is 19.3 Å². The van der Waals surface area contributed by atoms with E-state index in [9.17, 15) is 4.79 Å². The first-order chi connectivity index (χ1) is 11.0. The van der Waals surface area contributed by atoms with Crippen molar-refractivity contribution in [2.45, 2.75) is 53.4 Å². The van der Waals surface area contributed by atoms with Gasteiger partial charge in [0.25, 0.3) is 5.91 Å². The molecule has 2 aromatic heterocycles. The lowest BCUT2D eigenvalue weighted by Gasteiger charge is -2.15. The van der Waals surface area contributed by atoms with Gasteiger partial charge in [0.15, 0.2) is 5.65 Å². The van der Waals surface area contributed by atoms with Crippen molar-refractivity contribution in [3.8, 4) is 0 Å². The van der Waals surface area contributed by atoms with Crippen molar-refractivity contribution >= 4 is 16.9 Å². The Labute approximate surface area is 138 Å². The molecule has 2 heterocycles. The van der Waals surface area contributed by atoms with Crippen LogP contribution in [-0.2, 0) is 7.05 Å². The van der Waals surface area contributed by atoms with E-state index in [1.165, 1.54) is 19.3 Å². The highest BCUT2D eigenvalue weighted by Crippen LogP contribution is 2.21. The molecule has 0 aliphatic rings. The summed E-state index contributed by atoms with van der Waals surface area (Å²) in [5.41, 5.74) is 3.14. The van der Waals surface area contributed by atoms with Crippen LogP contribution in [0, 0.1) is 19.8 Å². The summed E-state index contributed by atoms with van der Waals surface area (Å²) in [6, 6.07) is 1.86. The molecule has 2 rings (SSSR count). The van der Waals surface area contributed by atoms with Crippen LogP contribution in [0.25, 0.3) is 11.0 Å². The molecule has 126 valence electrons. The number of rotatable bonds is 7. The van der Waals surface area contributed by atoms with Crippen molar-refractivity contribution in [3.63, 3.8) is 0 Å². The van der Waals surface area contributed by atoms with Crippen molar-refractivity contribution in [2.24, 2.45) is 13.0 Å². The molecule has 0 spiro atoms. The van der Waals surface area contributed by atoms with Crippen LogP contribution in [0.2, 0.25) is 0 Å². The van der Waals surface area contributed by atoms with Crippen LogP contribution in [0.15, 0.2) is 6.07 Å². The third-order valence-corrected chi connectivity index (χ3v) is 4.44. The van der Waals surface area contributed by atoms with Crippen LogP contribution in [-0.4, -0.2) is 27.2 Å². The van der Waals surface area contributed by atoms with Crippen LogP contribution in [0.5, 0.6) is 0 Å². The van der Waals surface area contributed by atoms with E-state index in [1.54, 1.807) is 4.68 Å². The number of pyridine rings is 1. The molecule has 5 nitrogen and oxygen atoms in total. The van der Waals surface area contributed by atoms with Gasteiger partial charge in [-0.25, -0.2) is 4.98 Å². The molecule has 1 unspecified atom stereocenters. The number of amides is 1. The Morgan fingerprint density at radius 2 is 2.09 bits per heavy atom. The van der Waals surface area contributed by atoms with Gasteiger partial charge in [0.2, 0.25) is 0 Å². The average Bonchev–Trinajstić information content (AvgIpc) is 2.81. The maximum Gasteiger partial charge on any atom is 0.252 e. The summed E-state index contributed by atoms with van der Waals surface area (Å²) >= 11 is 0. The van der Waals surface area contributed by atoms with Crippen LogP contribution in [0.3, 0.4) is 0 Å². The van der Waals surface area contributed by atoms with Crippen LogP contribution in [0.4, 0.5) is 0 Å². The number of carbonyl (C=O) groups is 1. The van der Waals surface area contributed by atoms with Crippen molar-refractivity contribution < 1.29 is 4.79 Å². The van der Waals surface area contributed by atoms with Gasteiger partial charge in [0.1, 0.15) is 0 Å². The molecule has 1 N–H and O–H groups in total. The molecule has 0 aromatic carbocycles. The summed E-state index contributed by atoms with van der Waals surface area (Å²) in [5, 5.41) is 8.37. The van der Waals surface area contributed by atoms with Gasteiger partial charge in [-0.15, -0.1) is 0 Å². The lowest BCUT2D eigenvalue weighted by atomic mass is 9.99. The fourth-order valence-corrected chi connectivity index (χ4v) is 3.02. The van der Waals surface area contributed by atoms with Gasteiger partial charge < -0.3 is 5.32 Å². The summed E-state index contributed by atoms with van der Waals surface area (Å²) < 4.78 is 1.74. The smallest absolute Gasteiger partial charge is 0.252 e. The highest BCUT2D eigenvalue weighted by molar-refractivity contribution is 6.06. The summed E-state index contributed by atoms with van der Waals surface area (Å²) in [6.45, 7) is 8.96. The van der Waals surface area contributed by atoms with Gasteiger partial charge >= 0.3 is 0 Å². The number of aromatic nitrogens is 3. The zero-order valence-electron chi connectivity index (χ0n) is 14.9. The number of unbranched alkanes of at least 4 members (excludes halogenated alkanes) is 1. The molecule has 23 heavy (non-hydrogen) atoms. The number of carbonyl (C=O) groups excluding carboxylic acids is 1. The molecule has 0 aliphatic carbocycles. The summed E-state index contributed by atoms with van der Waals surface area (Å²) in [7, 11) is 1.86. The van der Waals surface area contributed by atoms with Crippen molar-refractivity contribution in [1.29, 1.82) is 0 Å². The number of nitrogens with zero attached hydrogens (tertiary/aromatic N) is 3. The minimum atomic E-state index is -0.0217. The number of nitrogens with one attached hydrogen (secondary N) is 1. The lowest BCUT2D eigenvalue weighted by molar-refractivity contribution is 0.0947. The molecule has 2 aromatic rings. The predicted molar refractivity (Wildman–Crippen MR) is 93.6 cm³/mol. The second-order valence-electron chi connectivity index (χ2n) is 6.35. The summed E-state index contributed by atoms with van der Waals surface area (Å²) in [4.78, 5) is 17.2. The standard InChI is InChI=1S/C18H28N4O/c1-6-8-9-14(7-2)11-19-18(23)15-10-12(3)20-17-16(15)13(4)21-22(17)5/h10,14H,6-9,11H2,1-5H3,(H,19,23). The summed E-state index contributed by atoms with van der Waals surface area (Å²) in [5.74, 6) is 0.527. The highest BCUT2D eigenvalue weighted by Gasteiger charge is 2.18. The van der Waals surface area contributed by atoms with E-state index in [0.29, 0.717) is 11.5 Å². The normalized spacial score (nSPS) is 12.6. The summed E-state index contributed by atoms with van der Waals surface area (Å²) in [6.07, 6.45) is 4.68. The second kappa shape index (κ2) is 7.57. The van der Waals surface area contributed by atoms with Crippen molar-refractivity contribution in [2.75, 3.05) is 6.54 Å². The average molecular weight is 316 g/mol. The number of aryl methyl sites for hydroxylation is 3. The number of hydrogen-bond acceptors (Lipinski definition) is 3. The van der Waals surface area contributed by atoms with Crippen LogP contribution >= 0.6 is 0 Å². The minimum Gasteiger partial charge on any atom is -0.352 e. The van der Waals surface area contributed by atoms with Crippen LogP contribution in [0.1, 0.15) is 61.3 Å². The van der Waals surface area contributed by atoms with E-state index in [4.69, 9.17) is 0 Å². The largest absolute Gasteiger partial charge is 0.352 e. The SMILES string of the molecule is CCCCC(CC)CNC(=O)c1cc(C)nc2c1c(C)nn2C. The first-order valence-corrected chi connectivity index (χ1v) is 8.57. The Kier molecular flexibility index (Phi) is 5.74. The Bertz CT molecular complexity index is 690. The molecular weight excluding hydrogens is 288 g/mol. The molecule has 5 heteroatoms. The molecular formula is C18H28N4O. The number of fused-ring (bicyclic) bond motifs is 1. The first kappa shape index (κ1) is 17.4. The predicted octanol–water partition coefficient (Wildman–Crippen LogP) is 3.53. The van der Waals surface area contributed by atoms with Crippen molar-refractivity contribution in [3.05, 3.63) is 23.0 Å². The van der Waals surface area contributed by atoms with E-state index >= 15 is 0 Å². The van der Waals surface area contributed by atoms with E-state index in [2.05, 4.69) is 29.2 Å². The molecule has 0 radical (unpaired) electrons. The Hall–Kier alpha value is -1.91. The van der Waals surface area contributed by atoms with E-state index in [1.807, 2.05) is 27.0 Å². The van der Waals surface area contributed by atoms with Gasteiger partial charge in [-0.2, -0.15) is 5.10 Å². The second-order valence-corrected chi connectivity index (χ2v) is 6.35. The van der Waals surface area contributed by atoms with E-state index in [-0.39, 0.29) is 5.91 Å². The van der Waals surface area contributed by atoms with Gasteiger partial charge in [-0.3, -0.25) is 9.48 Å². The monoisotopic (exact) mass is 316 g/mol. The molecule has 0 saturated heterocycles. The molecule has 1 atom stereocenters. The third kappa shape index (κ3) is 3.89. The Morgan fingerprint density at radius 1 is 1.35 bits per heavy atom. The molecule has 0 aliphatic heterocycles. The highest BCUT2D eigenvalue weighted by atomic mass is 16.1. The van der Waals surface area contributed by atoms with Gasteiger partial charge in [-0.1, -0.05) is 33.1 Å². The molecule has 0 fully saturated rings. The fraction of sp³-hybridized carbons (Fsp3) is 0.611. The zero-order chi connectivity index (χ0) is 17.0. The third-order valence-electron chi connectivity index (χ3n) is 4.44. The molecule has 0 saturated carbocycles. The topological polar surface area (TPSA) is 59.8 Å². The first-order valence-electron chi connectivity index (χ1n) is 8.57. The fourth-order valence-electron chi connectivity index (χ4n) is 3.02. The van der Waals surface area contributed by atoms with Gasteiger partial charge in [0.05, 0.1) is 16.6 Å². The zero-order valence-corrected chi connectivity index (χ0v) is 14.9. The number of hydrogen-bond donors (Lipinski definition) is 1. The molecule has 1 amide bonds. The van der Waals surface area contributed by atoms with E-state index in [0.717, 1.165) is 35.4 Å². The maximum atomic E-state index is 12.7. The quantitative estimate of drug-likeness (QED) is 0.850. The maximum absolute atomic E-state index is 12.7. The lowest BCUT2D eigenvalue weighted by Crippen LogP contribution is -2.29. The van der Waals surface area contributed by atoms with E-state index < -0.39 is 0 Å². The Balaban J connectivity index is 2.21.